The standard InChI is InChI=1S/C16H16F2N2O/c1-10-6-7-11(8-14(10)18)16(2,15(19)21)20-13-5-3-4-12(17)9-13/h3-9,20H,1-2H3,(H2,19,21). The molecule has 2 rings (SSSR count). The molecule has 0 saturated heterocycles. The maximum Gasteiger partial charge on any atom is 0.247 e. The van der Waals surface area contributed by atoms with Gasteiger partial charge in [0.25, 0.3) is 0 Å². The third-order valence-corrected chi connectivity index (χ3v) is 3.46. The van der Waals surface area contributed by atoms with Gasteiger partial charge in [0.2, 0.25) is 5.91 Å². The number of carbonyl (C=O) groups is 1. The Balaban J connectivity index is 2.45. The number of hydrogen-bond donors (Lipinski definition) is 2. The summed E-state index contributed by atoms with van der Waals surface area (Å²) in [5.41, 5.74) is 5.35. The normalized spacial score (nSPS) is 13.5. The van der Waals surface area contributed by atoms with E-state index in [1.807, 2.05) is 0 Å². The minimum Gasteiger partial charge on any atom is -0.368 e. The van der Waals surface area contributed by atoms with Crippen LogP contribution < -0.4 is 11.1 Å². The van der Waals surface area contributed by atoms with Crippen LogP contribution >= 0.6 is 0 Å². The number of halogens is 2. The maximum atomic E-state index is 13.7. The summed E-state index contributed by atoms with van der Waals surface area (Å²) in [6, 6.07) is 10.1. The monoisotopic (exact) mass is 290 g/mol. The van der Waals surface area contributed by atoms with Crippen molar-refractivity contribution in [3.63, 3.8) is 0 Å². The van der Waals surface area contributed by atoms with Crippen LogP contribution in [-0.2, 0) is 10.3 Å². The fraction of sp³-hybridized carbons (Fsp3) is 0.188. The van der Waals surface area contributed by atoms with Crippen molar-refractivity contribution >= 4 is 11.6 Å². The number of benzene rings is 2. The highest BCUT2D eigenvalue weighted by Gasteiger charge is 2.33. The molecular formula is C16H16F2N2O. The summed E-state index contributed by atoms with van der Waals surface area (Å²) in [7, 11) is 0. The van der Waals surface area contributed by atoms with Crippen molar-refractivity contribution in [2.45, 2.75) is 19.4 Å². The molecule has 0 fully saturated rings. The lowest BCUT2D eigenvalue weighted by molar-refractivity contribution is -0.122. The Hall–Kier alpha value is -2.43. The minimum absolute atomic E-state index is 0.377. The maximum absolute atomic E-state index is 13.7. The fourth-order valence-electron chi connectivity index (χ4n) is 2.03. The predicted molar refractivity (Wildman–Crippen MR) is 77.7 cm³/mol. The Morgan fingerprint density at radius 3 is 2.48 bits per heavy atom. The number of nitrogens with one attached hydrogen (secondary N) is 1. The van der Waals surface area contributed by atoms with E-state index in [-0.39, 0.29) is 0 Å². The Bertz CT molecular complexity index is 688. The van der Waals surface area contributed by atoms with Crippen molar-refractivity contribution in [1.82, 2.24) is 0 Å². The van der Waals surface area contributed by atoms with Crippen LogP contribution in [0.15, 0.2) is 42.5 Å². The SMILES string of the molecule is Cc1ccc(C(C)(Nc2cccc(F)c2)C(N)=O)cc1F. The molecule has 0 saturated carbocycles. The highest BCUT2D eigenvalue weighted by molar-refractivity contribution is 5.89. The Morgan fingerprint density at radius 2 is 1.90 bits per heavy atom. The van der Waals surface area contributed by atoms with Gasteiger partial charge in [0.1, 0.15) is 17.2 Å². The van der Waals surface area contributed by atoms with Crippen LogP contribution in [0.1, 0.15) is 18.1 Å². The van der Waals surface area contributed by atoms with Crippen LogP contribution in [0.25, 0.3) is 0 Å². The summed E-state index contributed by atoms with van der Waals surface area (Å²) in [5.74, 6) is -1.56. The summed E-state index contributed by atoms with van der Waals surface area (Å²) >= 11 is 0. The minimum atomic E-state index is -1.34. The topological polar surface area (TPSA) is 55.1 Å². The van der Waals surface area contributed by atoms with Gasteiger partial charge in [0.05, 0.1) is 0 Å². The molecule has 2 aromatic rings. The Labute approximate surface area is 121 Å². The van der Waals surface area contributed by atoms with Gasteiger partial charge in [-0.05, 0) is 49.2 Å². The van der Waals surface area contributed by atoms with Crippen LogP contribution in [0.2, 0.25) is 0 Å². The van der Waals surface area contributed by atoms with Crippen molar-refractivity contribution in [1.29, 1.82) is 0 Å². The second kappa shape index (κ2) is 5.52. The molecule has 0 aliphatic carbocycles. The van der Waals surface area contributed by atoms with Crippen molar-refractivity contribution in [3.8, 4) is 0 Å². The van der Waals surface area contributed by atoms with E-state index in [9.17, 15) is 13.6 Å². The van der Waals surface area contributed by atoms with Crippen molar-refractivity contribution < 1.29 is 13.6 Å². The predicted octanol–water partition coefficient (Wildman–Crippen LogP) is 3.09. The van der Waals surface area contributed by atoms with Crippen molar-refractivity contribution in [2.75, 3.05) is 5.32 Å². The highest BCUT2D eigenvalue weighted by atomic mass is 19.1. The molecule has 110 valence electrons. The number of amides is 1. The third-order valence-electron chi connectivity index (χ3n) is 3.46. The van der Waals surface area contributed by atoms with E-state index >= 15 is 0 Å². The van der Waals surface area contributed by atoms with Gasteiger partial charge in [-0.15, -0.1) is 0 Å². The van der Waals surface area contributed by atoms with Crippen molar-refractivity contribution in [3.05, 3.63) is 65.2 Å². The molecular weight excluding hydrogens is 274 g/mol. The van der Waals surface area contributed by atoms with Gasteiger partial charge in [-0.25, -0.2) is 8.78 Å². The van der Waals surface area contributed by atoms with Crippen LogP contribution in [0, 0.1) is 18.6 Å². The molecule has 21 heavy (non-hydrogen) atoms. The second-order valence-electron chi connectivity index (χ2n) is 5.09. The lowest BCUT2D eigenvalue weighted by Crippen LogP contribution is -2.45. The van der Waals surface area contributed by atoms with Crippen LogP contribution in [-0.4, -0.2) is 5.91 Å². The molecule has 3 N–H and O–H groups in total. The summed E-state index contributed by atoms with van der Waals surface area (Å²) in [6.07, 6.45) is 0. The molecule has 0 radical (unpaired) electrons. The Morgan fingerprint density at radius 1 is 1.19 bits per heavy atom. The first kappa shape index (κ1) is 15.0. The molecule has 5 heteroatoms. The van der Waals surface area contributed by atoms with Gasteiger partial charge in [-0.3, -0.25) is 4.79 Å². The van der Waals surface area contributed by atoms with E-state index in [1.165, 1.54) is 31.2 Å². The molecule has 0 heterocycles. The number of nitrogens with two attached hydrogens (primary N) is 1. The molecule has 1 atom stereocenters. The molecule has 3 nitrogen and oxygen atoms in total. The smallest absolute Gasteiger partial charge is 0.247 e. The lowest BCUT2D eigenvalue weighted by Gasteiger charge is -2.29. The van der Waals surface area contributed by atoms with Gasteiger partial charge in [-0.1, -0.05) is 18.2 Å². The van der Waals surface area contributed by atoms with E-state index in [1.54, 1.807) is 25.1 Å². The van der Waals surface area contributed by atoms with E-state index in [4.69, 9.17) is 5.73 Å². The quantitative estimate of drug-likeness (QED) is 0.909. The summed E-state index contributed by atoms with van der Waals surface area (Å²) in [4.78, 5) is 11.9. The first-order chi connectivity index (χ1) is 9.83. The van der Waals surface area contributed by atoms with E-state index in [2.05, 4.69) is 5.32 Å². The van der Waals surface area contributed by atoms with Gasteiger partial charge >= 0.3 is 0 Å². The molecule has 2 aromatic carbocycles. The highest BCUT2D eigenvalue weighted by Crippen LogP contribution is 2.27. The number of hydrogen-bond acceptors (Lipinski definition) is 2. The average Bonchev–Trinajstić information content (AvgIpc) is 2.41. The first-order valence-corrected chi connectivity index (χ1v) is 6.43. The largest absolute Gasteiger partial charge is 0.368 e. The molecule has 0 aliphatic heterocycles. The van der Waals surface area contributed by atoms with Gasteiger partial charge < -0.3 is 11.1 Å². The average molecular weight is 290 g/mol. The number of primary amides is 1. The molecule has 1 unspecified atom stereocenters. The van der Waals surface area contributed by atoms with E-state index in [0.29, 0.717) is 16.8 Å². The molecule has 0 aliphatic rings. The molecule has 1 amide bonds. The van der Waals surface area contributed by atoms with E-state index < -0.39 is 23.1 Å². The number of aryl methyl sites for hydroxylation is 1. The van der Waals surface area contributed by atoms with Gasteiger partial charge in [0.15, 0.2) is 0 Å². The second-order valence-corrected chi connectivity index (χ2v) is 5.09. The zero-order valence-electron chi connectivity index (χ0n) is 11.8. The summed E-state index contributed by atoms with van der Waals surface area (Å²) in [5, 5.41) is 2.88. The van der Waals surface area contributed by atoms with Gasteiger partial charge in [0, 0.05) is 5.69 Å². The van der Waals surface area contributed by atoms with Crippen LogP contribution in [0.5, 0.6) is 0 Å². The number of rotatable bonds is 4. The van der Waals surface area contributed by atoms with E-state index in [0.717, 1.165) is 0 Å². The first-order valence-electron chi connectivity index (χ1n) is 6.43. The number of anilines is 1. The molecule has 0 bridgehead atoms. The zero-order valence-corrected chi connectivity index (χ0v) is 11.8. The summed E-state index contributed by atoms with van der Waals surface area (Å²) in [6.45, 7) is 3.16. The van der Waals surface area contributed by atoms with Crippen LogP contribution in [0.3, 0.4) is 0 Å². The summed E-state index contributed by atoms with van der Waals surface area (Å²) < 4.78 is 27.0. The van der Waals surface area contributed by atoms with Crippen LogP contribution in [0.4, 0.5) is 14.5 Å². The third kappa shape index (κ3) is 3.02. The lowest BCUT2D eigenvalue weighted by atomic mass is 9.90. The molecule has 0 spiro atoms. The number of carbonyl (C=O) groups excluding carboxylic acids is 1. The van der Waals surface area contributed by atoms with Gasteiger partial charge in [-0.2, -0.15) is 0 Å². The zero-order chi connectivity index (χ0) is 15.6. The molecule has 0 aromatic heterocycles. The fourth-order valence-corrected chi connectivity index (χ4v) is 2.03. The van der Waals surface area contributed by atoms with Crippen molar-refractivity contribution in [2.24, 2.45) is 5.73 Å². The Kier molecular flexibility index (Phi) is 3.93.